The summed E-state index contributed by atoms with van der Waals surface area (Å²) in [5.41, 5.74) is 0.390. The summed E-state index contributed by atoms with van der Waals surface area (Å²) in [5.74, 6) is -0.756. The van der Waals surface area contributed by atoms with Crippen molar-refractivity contribution < 1.29 is 19.1 Å². The summed E-state index contributed by atoms with van der Waals surface area (Å²) in [4.78, 5) is 25.3. The molecular weight excluding hydrogens is 238 g/mol. The van der Waals surface area contributed by atoms with Gasteiger partial charge in [-0.2, -0.15) is 10.2 Å². The monoisotopic (exact) mass is 251 g/mol. The van der Waals surface area contributed by atoms with E-state index in [4.69, 9.17) is 4.74 Å². The second-order valence-corrected chi connectivity index (χ2v) is 3.74. The highest BCUT2D eigenvalue weighted by molar-refractivity contribution is 5.96. The van der Waals surface area contributed by atoms with E-state index in [0.717, 1.165) is 0 Å². The molecule has 96 valence electrons. The molecule has 0 spiro atoms. The van der Waals surface area contributed by atoms with Crippen LogP contribution in [0, 0.1) is 0 Å². The van der Waals surface area contributed by atoms with Crippen LogP contribution >= 0.6 is 0 Å². The van der Waals surface area contributed by atoms with Gasteiger partial charge in [-0.3, -0.25) is 4.79 Å². The highest BCUT2D eigenvalue weighted by Crippen LogP contribution is 2.12. The second-order valence-electron chi connectivity index (χ2n) is 3.74. The van der Waals surface area contributed by atoms with Crippen molar-refractivity contribution in [3.05, 3.63) is 24.0 Å². The molecular formula is C11H13N3O4. The van der Waals surface area contributed by atoms with Gasteiger partial charge in [-0.25, -0.2) is 4.79 Å². The zero-order valence-corrected chi connectivity index (χ0v) is 9.91. The first-order chi connectivity index (χ1) is 8.74. The minimum atomic E-state index is -0.704. The summed E-state index contributed by atoms with van der Waals surface area (Å²) in [5, 5.41) is 7.25. The van der Waals surface area contributed by atoms with Crippen LogP contribution in [0.1, 0.15) is 10.4 Å². The van der Waals surface area contributed by atoms with Crippen molar-refractivity contribution >= 4 is 11.9 Å². The van der Waals surface area contributed by atoms with E-state index in [1.54, 1.807) is 6.07 Å². The number of carbonyl (C=O) groups is 2. The lowest BCUT2D eigenvalue weighted by Crippen LogP contribution is -2.53. The van der Waals surface area contributed by atoms with E-state index < -0.39 is 12.0 Å². The maximum absolute atomic E-state index is 12.2. The Bertz CT molecular complexity index is 437. The lowest BCUT2D eigenvalue weighted by molar-refractivity contribution is -0.151. The molecule has 1 amide bonds. The number of ether oxygens (including phenoxy) is 2. The molecule has 0 N–H and O–H groups in total. The summed E-state index contributed by atoms with van der Waals surface area (Å²) < 4.78 is 9.86. The van der Waals surface area contributed by atoms with Crippen LogP contribution in [0.3, 0.4) is 0 Å². The van der Waals surface area contributed by atoms with Crippen LogP contribution < -0.4 is 0 Å². The van der Waals surface area contributed by atoms with Gasteiger partial charge in [-0.15, -0.1) is 0 Å². The molecule has 0 bridgehead atoms. The van der Waals surface area contributed by atoms with Gasteiger partial charge in [0.15, 0.2) is 6.04 Å². The van der Waals surface area contributed by atoms with Crippen LogP contribution in [-0.2, 0) is 14.3 Å². The molecule has 18 heavy (non-hydrogen) atoms. The largest absolute Gasteiger partial charge is 0.467 e. The van der Waals surface area contributed by atoms with Crippen LogP contribution in [0.2, 0.25) is 0 Å². The number of esters is 1. The molecule has 0 radical (unpaired) electrons. The third-order valence-electron chi connectivity index (χ3n) is 2.69. The van der Waals surface area contributed by atoms with E-state index in [-0.39, 0.29) is 12.5 Å². The van der Waals surface area contributed by atoms with Crippen molar-refractivity contribution in [3.63, 3.8) is 0 Å². The predicted molar refractivity (Wildman–Crippen MR) is 59.7 cm³/mol. The van der Waals surface area contributed by atoms with Gasteiger partial charge < -0.3 is 14.4 Å². The maximum atomic E-state index is 12.2. The molecule has 1 aliphatic heterocycles. The standard InChI is InChI=1S/C11H13N3O4/c1-17-11(16)9-7-18-5-4-14(9)10(15)8-2-3-12-13-6-8/h2-3,6,9H,4-5,7H2,1H3. The fraction of sp³-hybridized carbons (Fsp3) is 0.455. The Kier molecular flexibility index (Phi) is 3.83. The van der Waals surface area contributed by atoms with Gasteiger partial charge in [-0.05, 0) is 6.07 Å². The number of aromatic nitrogens is 2. The predicted octanol–water partition coefficient (Wildman–Crippen LogP) is -0.509. The Balaban J connectivity index is 2.19. The molecule has 0 saturated carbocycles. The highest BCUT2D eigenvalue weighted by atomic mass is 16.5. The van der Waals surface area contributed by atoms with Gasteiger partial charge in [0.1, 0.15) is 0 Å². The van der Waals surface area contributed by atoms with Crippen LogP contribution in [0.25, 0.3) is 0 Å². The lowest BCUT2D eigenvalue weighted by Gasteiger charge is -2.33. The molecule has 7 heteroatoms. The fourth-order valence-corrected chi connectivity index (χ4v) is 1.76. The van der Waals surface area contributed by atoms with E-state index in [2.05, 4.69) is 14.9 Å². The topological polar surface area (TPSA) is 81.6 Å². The Morgan fingerprint density at radius 3 is 3.00 bits per heavy atom. The molecule has 1 fully saturated rings. The maximum Gasteiger partial charge on any atom is 0.331 e. The molecule has 1 aromatic rings. The number of nitrogens with zero attached hydrogens (tertiary/aromatic N) is 3. The number of rotatable bonds is 2. The zero-order chi connectivity index (χ0) is 13.0. The summed E-state index contributed by atoms with van der Waals surface area (Å²) >= 11 is 0. The van der Waals surface area contributed by atoms with Crippen LogP contribution in [0.5, 0.6) is 0 Å². The van der Waals surface area contributed by atoms with Gasteiger partial charge in [0.25, 0.3) is 5.91 Å². The number of morpholine rings is 1. The van der Waals surface area contributed by atoms with Crippen LogP contribution in [0.15, 0.2) is 18.5 Å². The van der Waals surface area contributed by atoms with Crippen molar-refractivity contribution in [1.29, 1.82) is 0 Å². The number of hydrogen-bond acceptors (Lipinski definition) is 6. The summed E-state index contributed by atoms with van der Waals surface area (Å²) in [7, 11) is 1.29. The third kappa shape index (κ3) is 2.45. The van der Waals surface area contributed by atoms with E-state index >= 15 is 0 Å². The number of methoxy groups -OCH3 is 1. The smallest absolute Gasteiger partial charge is 0.331 e. The molecule has 7 nitrogen and oxygen atoms in total. The van der Waals surface area contributed by atoms with Crippen molar-refractivity contribution in [2.75, 3.05) is 26.9 Å². The van der Waals surface area contributed by atoms with Crippen LogP contribution in [-0.4, -0.2) is 59.9 Å². The lowest BCUT2D eigenvalue weighted by atomic mass is 10.2. The van der Waals surface area contributed by atoms with Gasteiger partial charge in [0, 0.05) is 6.54 Å². The molecule has 2 heterocycles. The number of hydrogen-bond donors (Lipinski definition) is 0. The number of amides is 1. The first-order valence-corrected chi connectivity index (χ1v) is 5.47. The van der Waals surface area contributed by atoms with Gasteiger partial charge in [0.05, 0.1) is 38.3 Å². The molecule has 0 aliphatic carbocycles. The molecule has 1 saturated heterocycles. The van der Waals surface area contributed by atoms with E-state index in [1.165, 1.54) is 24.4 Å². The van der Waals surface area contributed by atoms with Crippen molar-refractivity contribution in [3.8, 4) is 0 Å². The first-order valence-electron chi connectivity index (χ1n) is 5.47. The minimum Gasteiger partial charge on any atom is -0.467 e. The first kappa shape index (κ1) is 12.4. The van der Waals surface area contributed by atoms with E-state index in [0.29, 0.717) is 18.7 Å². The Labute approximate surface area is 104 Å². The molecule has 1 atom stereocenters. The zero-order valence-electron chi connectivity index (χ0n) is 9.91. The van der Waals surface area contributed by atoms with Crippen molar-refractivity contribution in [2.24, 2.45) is 0 Å². The van der Waals surface area contributed by atoms with E-state index in [9.17, 15) is 9.59 Å². The van der Waals surface area contributed by atoms with Gasteiger partial charge in [-0.1, -0.05) is 0 Å². The quantitative estimate of drug-likeness (QED) is 0.658. The normalized spacial score (nSPS) is 19.4. The summed E-state index contributed by atoms with van der Waals surface area (Å²) in [6, 6.07) is 0.850. The second kappa shape index (κ2) is 5.54. The van der Waals surface area contributed by atoms with Crippen molar-refractivity contribution in [2.45, 2.75) is 6.04 Å². The molecule has 1 unspecified atom stereocenters. The number of carbonyl (C=O) groups excluding carboxylic acids is 2. The third-order valence-corrected chi connectivity index (χ3v) is 2.69. The fourth-order valence-electron chi connectivity index (χ4n) is 1.76. The Hall–Kier alpha value is -2.02. The summed E-state index contributed by atoms with van der Waals surface area (Å²) in [6.07, 6.45) is 2.80. The Morgan fingerprint density at radius 1 is 1.50 bits per heavy atom. The van der Waals surface area contributed by atoms with E-state index in [1.807, 2.05) is 0 Å². The SMILES string of the molecule is COC(=O)C1COCCN1C(=O)c1ccnnc1. The molecule has 1 aliphatic rings. The summed E-state index contributed by atoms with van der Waals surface area (Å²) in [6.45, 7) is 0.898. The molecule has 1 aromatic heterocycles. The molecule has 2 rings (SSSR count). The van der Waals surface area contributed by atoms with Crippen molar-refractivity contribution in [1.82, 2.24) is 15.1 Å². The highest BCUT2D eigenvalue weighted by Gasteiger charge is 2.34. The molecule has 0 aromatic carbocycles. The average molecular weight is 251 g/mol. The van der Waals surface area contributed by atoms with Gasteiger partial charge in [0.2, 0.25) is 0 Å². The minimum absolute atomic E-state index is 0.150. The van der Waals surface area contributed by atoms with Gasteiger partial charge >= 0.3 is 5.97 Å². The average Bonchev–Trinajstić information content (AvgIpc) is 2.46. The Morgan fingerprint density at radius 2 is 2.33 bits per heavy atom. The van der Waals surface area contributed by atoms with Crippen LogP contribution in [0.4, 0.5) is 0 Å².